The number of anilines is 1. The molecule has 4 aromatic rings. The standard InChI is InChI=1S/C34H28ClN3O10/c1-14-12-17-22(28(39)34(14)29(40)24-20(45-4)13-21(46-5)26(35)27(24)48-34)23(25-30(36-17)37(2)33(44)38(3)31(25)41)19-11-10-18(47-19)15-6-8-16(9-7-15)32(42)43/h6-11,13-14,23,36H,12H2,1-5H3,(H,42,43). The van der Waals surface area contributed by atoms with E-state index in [0.717, 1.165) is 4.57 Å². The summed E-state index contributed by atoms with van der Waals surface area (Å²) in [6.45, 7) is 1.70. The number of hydrogen-bond acceptors (Lipinski definition) is 10. The molecule has 0 saturated heterocycles. The van der Waals surface area contributed by atoms with E-state index < -0.39 is 46.2 Å². The zero-order valence-corrected chi connectivity index (χ0v) is 27.1. The van der Waals surface area contributed by atoms with Crippen molar-refractivity contribution in [2.24, 2.45) is 20.0 Å². The number of furan rings is 1. The van der Waals surface area contributed by atoms with Crippen molar-refractivity contribution >= 4 is 35.0 Å². The summed E-state index contributed by atoms with van der Waals surface area (Å²) >= 11 is 6.62. The van der Waals surface area contributed by atoms with Gasteiger partial charge in [0.05, 0.1) is 31.3 Å². The lowest BCUT2D eigenvalue weighted by Gasteiger charge is -2.42. The molecule has 0 saturated carbocycles. The number of aromatic carboxylic acids is 1. The van der Waals surface area contributed by atoms with Crippen LogP contribution in [0.2, 0.25) is 5.02 Å². The number of ether oxygens (including phenoxy) is 3. The first kappa shape index (κ1) is 31.1. The zero-order chi connectivity index (χ0) is 34.4. The number of aromatic nitrogens is 2. The molecule has 0 amide bonds. The van der Waals surface area contributed by atoms with Gasteiger partial charge in [0, 0.05) is 42.9 Å². The number of fused-ring (bicyclic) bond motifs is 2. The predicted octanol–water partition coefficient (Wildman–Crippen LogP) is 4.15. The summed E-state index contributed by atoms with van der Waals surface area (Å²) in [4.78, 5) is 67.7. The van der Waals surface area contributed by atoms with Crippen LogP contribution in [0.25, 0.3) is 11.3 Å². The Morgan fingerprint density at radius 3 is 2.33 bits per heavy atom. The number of methoxy groups -OCH3 is 2. The van der Waals surface area contributed by atoms with Crippen LogP contribution < -0.4 is 30.8 Å². The molecule has 3 aliphatic rings. The van der Waals surface area contributed by atoms with E-state index in [1.807, 2.05) is 0 Å². The van der Waals surface area contributed by atoms with Crippen LogP contribution in [-0.2, 0) is 18.9 Å². The first-order chi connectivity index (χ1) is 22.8. The Morgan fingerprint density at radius 2 is 1.69 bits per heavy atom. The number of carbonyl (C=O) groups excluding carboxylic acids is 2. The normalized spacial score (nSPS) is 21.0. The van der Waals surface area contributed by atoms with Crippen LogP contribution in [-0.4, -0.2) is 51.6 Å². The molecule has 0 bridgehead atoms. The quantitative estimate of drug-likeness (QED) is 0.292. The van der Waals surface area contributed by atoms with Crippen molar-refractivity contribution in [2.75, 3.05) is 19.5 Å². The van der Waals surface area contributed by atoms with Gasteiger partial charge in [0.15, 0.2) is 5.75 Å². The van der Waals surface area contributed by atoms with E-state index in [0.29, 0.717) is 17.0 Å². The minimum Gasteiger partial charge on any atom is -0.496 e. The number of allylic oxidation sites excluding steroid dienone is 1. The third-order valence-electron chi connectivity index (χ3n) is 9.40. The summed E-state index contributed by atoms with van der Waals surface area (Å²) in [6, 6.07) is 10.7. The monoisotopic (exact) mass is 673 g/mol. The minimum absolute atomic E-state index is 0.00308. The molecule has 4 heterocycles. The number of halogens is 1. The molecular weight excluding hydrogens is 646 g/mol. The van der Waals surface area contributed by atoms with Gasteiger partial charge in [-0.1, -0.05) is 30.7 Å². The molecule has 13 nitrogen and oxygen atoms in total. The van der Waals surface area contributed by atoms with E-state index in [1.165, 1.54) is 51.1 Å². The molecule has 48 heavy (non-hydrogen) atoms. The SMILES string of the molecule is COc1cc(OC)c2c(c1Cl)OC1(C(=O)C3=C(CC1C)Nc1c(c(=O)n(C)c(=O)n1C)C3c1ccc(-c3ccc(C(=O)O)cc3)o1)C2=O. The highest BCUT2D eigenvalue weighted by molar-refractivity contribution is 6.36. The average molecular weight is 674 g/mol. The lowest BCUT2D eigenvalue weighted by Crippen LogP contribution is -2.58. The smallest absolute Gasteiger partial charge is 0.335 e. The van der Waals surface area contributed by atoms with E-state index in [1.54, 1.807) is 31.2 Å². The van der Waals surface area contributed by atoms with E-state index >= 15 is 4.79 Å². The van der Waals surface area contributed by atoms with Crippen LogP contribution in [0.5, 0.6) is 17.2 Å². The second-order valence-electron chi connectivity index (χ2n) is 11.9. The molecular formula is C34H28ClN3O10. The van der Waals surface area contributed by atoms with Gasteiger partial charge in [0.25, 0.3) is 5.56 Å². The lowest BCUT2D eigenvalue weighted by atomic mass is 9.66. The zero-order valence-electron chi connectivity index (χ0n) is 26.3. The number of ketones is 2. The fourth-order valence-corrected chi connectivity index (χ4v) is 7.18. The van der Waals surface area contributed by atoms with Crippen LogP contribution in [0.3, 0.4) is 0 Å². The van der Waals surface area contributed by atoms with Gasteiger partial charge in [-0.15, -0.1) is 0 Å². The van der Waals surface area contributed by atoms with Crippen molar-refractivity contribution in [3.63, 3.8) is 0 Å². The fraction of sp³-hybridized carbons (Fsp3) is 0.265. The van der Waals surface area contributed by atoms with Crippen molar-refractivity contribution in [1.29, 1.82) is 0 Å². The van der Waals surface area contributed by atoms with E-state index in [-0.39, 0.29) is 62.5 Å². The number of carbonyl (C=O) groups is 3. The highest BCUT2D eigenvalue weighted by atomic mass is 35.5. The maximum Gasteiger partial charge on any atom is 0.335 e. The largest absolute Gasteiger partial charge is 0.496 e. The van der Waals surface area contributed by atoms with Gasteiger partial charge in [-0.25, -0.2) is 9.59 Å². The molecule has 14 heteroatoms. The third kappa shape index (κ3) is 4.06. The summed E-state index contributed by atoms with van der Waals surface area (Å²) in [5, 5.41) is 12.5. The summed E-state index contributed by atoms with van der Waals surface area (Å²) in [5.41, 5.74) is -2.19. The second-order valence-corrected chi connectivity index (χ2v) is 12.3. The predicted molar refractivity (Wildman–Crippen MR) is 172 cm³/mol. The molecule has 2 N–H and O–H groups in total. The Bertz CT molecular complexity index is 2260. The van der Waals surface area contributed by atoms with Crippen LogP contribution in [0.15, 0.2) is 67.7 Å². The lowest BCUT2D eigenvalue weighted by molar-refractivity contribution is -0.130. The van der Waals surface area contributed by atoms with Gasteiger partial charge >= 0.3 is 11.7 Å². The first-order valence-electron chi connectivity index (χ1n) is 14.8. The maximum absolute atomic E-state index is 15.0. The van der Waals surface area contributed by atoms with Crippen LogP contribution in [0.4, 0.5) is 5.82 Å². The number of carboxylic acids is 1. The number of nitrogens with zero attached hydrogens (tertiary/aromatic N) is 2. The van der Waals surface area contributed by atoms with Gasteiger partial charge in [-0.05, 0) is 30.7 Å². The van der Waals surface area contributed by atoms with Crippen molar-refractivity contribution in [3.8, 4) is 28.6 Å². The Morgan fingerprint density at radius 1 is 1.00 bits per heavy atom. The number of rotatable bonds is 5. The van der Waals surface area contributed by atoms with Crippen LogP contribution in [0, 0.1) is 5.92 Å². The first-order valence-corrected chi connectivity index (χ1v) is 15.2. The molecule has 7 rings (SSSR count). The molecule has 3 atom stereocenters. The highest BCUT2D eigenvalue weighted by Crippen LogP contribution is 2.56. The van der Waals surface area contributed by atoms with Gasteiger partial charge < -0.3 is 29.1 Å². The number of carboxylic acid groups (broad SMARTS) is 1. The third-order valence-corrected chi connectivity index (χ3v) is 9.76. The van der Waals surface area contributed by atoms with E-state index in [9.17, 15) is 24.3 Å². The molecule has 0 fully saturated rings. The molecule has 2 aromatic carbocycles. The van der Waals surface area contributed by atoms with Gasteiger partial charge in [0.1, 0.15) is 39.4 Å². The van der Waals surface area contributed by atoms with Gasteiger partial charge in [0.2, 0.25) is 17.2 Å². The summed E-state index contributed by atoms with van der Waals surface area (Å²) in [7, 11) is 5.60. The van der Waals surface area contributed by atoms with Gasteiger partial charge in [-0.2, -0.15) is 0 Å². The van der Waals surface area contributed by atoms with Crippen molar-refractivity contribution < 1.29 is 38.1 Å². The number of benzene rings is 2. The van der Waals surface area contributed by atoms with E-state index in [2.05, 4.69) is 5.32 Å². The summed E-state index contributed by atoms with van der Waals surface area (Å²) < 4.78 is 25.7. The van der Waals surface area contributed by atoms with Crippen LogP contribution in [0.1, 0.15) is 51.3 Å². The van der Waals surface area contributed by atoms with Crippen molar-refractivity contribution in [2.45, 2.75) is 24.9 Å². The Hall–Kier alpha value is -5.56. The summed E-state index contributed by atoms with van der Waals surface area (Å²) in [5.74, 6) is -3.42. The molecule has 3 unspecified atom stereocenters. The Kier molecular flexibility index (Phi) is 6.95. The van der Waals surface area contributed by atoms with Crippen molar-refractivity contribution in [3.05, 3.63) is 102 Å². The number of nitrogens with one attached hydrogen (secondary N) is 1. The number of hydrogen-bond donors (Lipinski definition) is 2. The molecule has 0 radical (unpaired) electrons. The average Bonchev–Trinajstić information content (AvgIpc) is 3.69. The molecule has 1 aliphatic carbocycles. The topological polar surface area (TPSA) is 168 Å². The fourth-order valence-electron chi connectivity index (χ4n) is 6.91. The highest BCUT2D eigenvalue weighted by Gasteiger charge is 2.64. The van der Waals surface area contributed by atoms with Crippen LogP contribution >= 0.6 is 11.6 Å². The molecule has 1 spiro atoms. The molecule has 2 aliphatic heterocycles. The minimum atomic E-state index is -2.07. The Balaban J connectivity index is 1.43. The molecule has 246 valence electrons. The Labute approximate surface area is 276 Å². The van der Waals surface area contributed by atoms with E-state index in [4.69, 9.17) is 30.2 Å². The number of Topliss-reactive ketones (excluding diaryl/α,β-unsaturated/α-hetero) is 2. The maximum atomic E-state index is 15.0. The van der Waals surface area contributed by atoms with Crippen molar-refractivity contribution in [1.82, 2.24) is 9.13 Å². The summed E-state index contributed by atoms with van der Waals surface area (Å²) in [6.07, 6.45) is 0.113. The second kappa shape index (κ2) is 10.7. The molecule has 2 aromatic heterocycles. The van der Waals surface area contributed by atoms with Gasteiger partial charge in [-0.3, -0.25) is 23.5 Å².